The average molecular weight is 400 g/mol. The number of hydrogen-bond donors (Lipinski definition) is 2. The minimum absolute atomic E-state index is 0.0453. The topological polar surface area (TPSA) is 79.8 Å². The second kappa shape index (κ2) is 10.1. The molecular weight excluding hydrogens is 370 g/mol. The Morgan fingerprint density at radius 1 is 1.42 bits per heavy atom. The lowest BCUT2D eigenvalue weighted by molar-refractivity contribution is 0.405. The van der Waals surface area contributed by atoms with Crippen LogP contribution in [0.3, 0.4) is 0 Å². The highest BCUT2D eigenvalue weighted by Crippen LogP contribution is 2.30. The zero-order valence-corrected chi connectivity index (χ0v) is 17.3. The summed E-state index contributed by atoms with van der Waals surface area (Å²) in [7, 11) is -1.21. The molecule has 6 nitrogen and oxygen atoms in total. The molecule has 0 amide bonds. The molecule has 0 aliphatic carbocycles. The SMILES string of the molecule is CCNC(=NCC(C)CSc1ccccc1OC)NC1CCS(=O)(=O)C1. The maximum absolute atomic E-state index is 11.6. The lowest BCUT2D eigenvalue weighted by Gasteiger charge is -2.17. The van der Waals surface area contributed by atoms with Gasteiger partial charge in [-0.1, -0.05) is 19.1 Å². The Morgan fingerprint density at radius 3 is 2.85 bits per heavy atom. The van der Waals surface area contributed by atoms with Gasteiger partial charge in [0.05, 0.1) is 18.6 Å². The Labute approximate surface area is 161 Å². The van der Waals surface area contributed by atoms with E-state index in [1.165, 1.54) is 0 Å². The standard InChI is InChI=1S/C18H29N3O3S2/c1-4-19-18(21-15-9-10-26(22,23)13-15)20-11-14(2)12-25-17-8-6-5-7-16(17)24-3/h5-8,14-15H,4,9-13H2,1-3H3,(H2,19,20,21). The zero-order chi connectivity index (χ0) is 19.0. The smallest absolute Gasteiger partial charge is 0.191 e. The van der Waals surface area contributed by atoms with Gasteiger partial charge in [-0.25, -0.2) is 8.42 Å². The molecule has 2 atom stereocenters. The van der Waals surface area contributed by atoms with Gasteiger partial charge in [-0.15, -0.1) is 11.8 Å². The first-order valence-electron chi connectivity index (χ1n) is 8.94. The first-order valence-corrected chi connectivity index (χ1v) is 11.7. The molecular formula is C18H29N3O3S2. The molecule has 2 rings (SSSR count). The van der Waals surface area contributed by atoms with E-state index >= 15 is 0 Å². The van der Waals surface area contributed by atoms with E-state index in [-0.39, 0.29) is 17.5 Å². The quantitative estimate of drug-likeness (QED) is 0.396. The van der Waals surface area contributed by atoms with Crippen LogP contribution < -0.4 is 15.4 Å². The lowest BCUT2D eigenvalue weighted by Crippen LogP contribution is -2.44. The van der Waals surface area contributed by atoms with E-state index in [1.54, 1.807) is 18.9 Å². The van der Waals surface area contributed by atoms with Crippen molar-refractivity contribution in [3.05, 3.63) is 24.3 Å². The van der Waals surface area contributed by atoms with Crippen LogP contribution in [0, 0.1) is 5.92 Å². The van der Waals surface area contributed by atoms with Crippen molar-refractivity contribution in [3.63, 3.8) is 0 Å². The number of nitrogens with zero attached hydrogens (tertiary/aromatic N) is 1. The molecule has 1 fully saturated rings. The van der Waals surface area contributed by atoms with Gasteiger partial charge in [0.2, 0.25) is 0 Å². The third kappa shape index (κ3) is 6.72. The number of thioether (sulfide) groups is 1. The number of nitrogens with one attached hydrogen (secondary N) is 2. The van der Waals surface area contributed by atoms with Crippen LogP contribution in [0.2, 0.25) is 0 Å². The minimum Gasteiger partial charge on any atom is -0.496 e. The predicted molar refractivity (Wildman–Crippen MR) is 109 cm³/mol. The van der Waals surface area contributed by atoms with E-state index in [9.17, 15) is 8.42 Å². The van der Waals surface area contributed by atoms with Crippen LogP contribution in [-0.2, 0) is 9.84 Å². The van der Waals surface area contributed by atoms with Gasteiger partial charge in [-0.3, -0.25) is 4.99 Å². The van der Waals surface area contributed by atoms with Crippen molar-refractivity contribution in [2.45, 2.75) is 31.2 Å². The van der Waals surface area contributed by atoms with Crippen LogP contribution in [-0.4, -0.2) is 57.9 Å². The van der Waals surface area contributed by atoms with Gasteiger partial charge in [0.25, 0.3) is 0 Å². The molecule has 0 spiro atoms. The minimum atomic E-state index is -2.89. The van der Waals surface area contributed by atoms with Crippen molar-refractivity contribution >= 4 is 27.6 Å². The van der Waals surface area contributed by atoms with Gasteiger partial charge in [0, 0.05) is 29.8 Å². The molecule has 0 bridgehead atoms. The number of rotatable bonds is 8. The molecule has 1 aliphatic rings. The van der Waals surface area contributed by atoms with Crippen LogP contribution in [0.5, 0.6) is 5.75 Å². The molecule has 1 heterocycles. The number of benzene rings is 1. The largest absolute Gasteiger partial charge is 0.496 e. The highest BCUT2D eigenvalue weighted by atomic mass is 32.2. The fraction of sp³-hybridized carbons (Fsp3) is 0.611. The Hall–Kier alpha value is -1.41. The van der Waals surface area contributed by atoms with E-state index < -0.39 is 9.84 Å². The van der Waals surface area contributed by atoms with E-state index in [2.05, 4.69) is 28.6 Å². The van der Waals surface area contributed by atoms with Gasteiger partial charge in [-0.05, 0) is 31.4 Å². The van der Waals surface area contributed by atoms with Crippen LogP contribution in [0.15, 0.2) is 34.2 Å². The normalized spacial score (nSPS) is 20.6. The second-order valence-electron chi connectivity index (χ2n) is 6.53. The molecule has 0 aromatic heterocycles. The van der Waals surface area contributed by atoms with E-state index in [4.69, 9.17) is 4.74 Å². The van der Waals surface area contributed by atoms with Crippen molar-refractivity contribution in [1.29, 1.82) is 0 Å². The van der Waals surface area contributed by atoms with Crippen molar-refractivity contribution < 1.29 is 13.2 Å². The Morgan fingerprint density at radius 2 is 2.19 bits per heavy atom. The average Bonchev–Trinajstić information content (AvgIpc) is 2.96. The molecule has 26 heavy (non-hydrogen) atoms. The molecule has 8 heteroatoms. The number of ether oxygens (including phenoxy) is 1. The van der Waals surface area contributed by atoms with Gasteiger partial charge in [0.1, 0.15) is 5.75 Å². The maximum atomic E-state index is 11.6. The summed E-state index contributed by atoms with van der Waals surface area (Å²) in [6.07, 6.45) is 0.645. The highest BCUT2D eigenvalue weighted by molar-refractivity contribution is 7.99. The van der Waals surface area contributed by atoms with Gasteiger partial charge >= 0.3 is 0 Å². The maximum Gasteiger partial charge on any atom is 0.191 e. The Balaban J connectivity index is 1.85. The zero-order valence-electron chi connectivity index (χ0n) is 15.7. The van der Waals surface area contributed by atoms with Crippen LogP contribution in [0.25, 0.3) is 0 Å². The summed E-state index contributed by atoms with van der Waals surface area (Å²) in [5.41, 5.74) is 0. The summed E-state index contributed by atoms with van der Waals surface area (Å²) in [5, 5.41) is 6.45. The van der Waals surface area contributed by atoms with Crippen LogP contribution in [0.1, 0.15) is 20.3 Å². The molecule has 1 aromatic carbocycles. The monoisotopic (exact) mass is 399 g/mol. The van der Waals surface area contributed by atoms with E-state index in [0.29, 0.717) is 24.8 Å². The second-order valence-corrected chi connectivity index (χ2v) is 9.82. The summed E-state index contributed by atoms with van der Waals surface area (Å²) >= 11 is 1.76. The highest BCUT2D eigenvalue weighted by Gasteiger charge is 2.28. The molecule has 1 aromatic rings. The fourth-order valence-electron chi connectivity index (χ4n) is 2.69. The van der Waals surface area contributed by atoms with Crippen molar-refractivity contribution in [2.75, 3.05) is 37.5 Å². The van der Waals surface area contributed by atoms with E-state index in [0.717, 1.165) is 22.9 Å². The van der Waals surface area contributed by atoms with Gasteiger partial charge in [0.15, 0.2) is 15.8 Å². The Bertz CT molecular complexity index is 707. The van der Waals surface area contributed by atoms with Gasteiger partial charge < -0.3 is 15.4 Å². The number of methoxy groups -OCH3 is 1. The number of guanidine groups is 1. The number of aliphatic imine (C=N–C) groups is 1. The van der Waals surface area contributed by atoms with E-state index in [1.807, 2.05) is 25.1 Å². The van der Waals surface area contributed by atoms with Crippen LogP contribution in [0.4, 0.5) is 0 Å². The van der Waals surface area contributed by atoms with Gasteiger partial charge in [-0.2, -0.15) is 0 Å². The molecule has 2 N–H and O–H groups in total. The summed E-state index contributed by atoms with van der Waals surface area (Å²) in [4.78, 5) is 5.77. The van der Waals surface area contributed by atoms with Crippen LogP contribution >= 0.6 is 11.8 Å². The fourth-order valence-corrected chi connectivity index (χ4v) is 5.40. The Kier molecular flexibility index (Phi) is 8.09. The summed E-state index contributed by atoms with van der Waals surface area (Å²) < 4.78 is 28.6. The third-order valence-electron chi connectivity index (χ3n) is 4.07. The molecule has 1 aliphatic heterocycles. The summed E-state index contributed by atoms with van der Waals surface area (Å²) in [6, 6.07) is 7.96. The number of hydrogen-bond acceptors (Lipinski definition) is 5. The lowest BCUT2D eigenvalue weighted by atomic mass is 10.2. The first kappa shape index (κ1) is 20.9. The third-order valence-corrected chi connectivity index (χ3v) is 7.22. The first-order chi connectivity index (χ1) is 12.4. The molecule has 2 unspecified atom stereocenters. The molecule has 146 valence electrons. The van der Waals surface area contributed by atoms with Crippen molar-refractivity contribution in [3.8, 4) is 5.75 Å². The van der Waals surface area contributed by atoms with Crippen molar-refractivity contribution in [1.82, 2.24) is 10.6 Å². The summed E-state index contributed by atoms with van der Waals surface area (Å²) in [5.74, 6) is 3.36. The molecule has 0 saturated carbocycles. The number of para-hydroxylation sites is 1. The summed E-state index contributed by atoms with van der Waals surface area (Å²) in [6.45, 7) is 5.59. The number of sulfone groups is 1. The molecule has 1 saturated heterocycles. The molecule has 0 radical (unpaired) electrons. The van der Waals surface area contributed by atoms with Crippen molar-refractivity contribution in [2.24, 2.45) is 10.9 Å². The predicted octanol–water partition coefficient (Wildman–Crippen LogP) is 2.17.